The molecule has 1 aliphatic carbocycles. The SMILES string of the molecule is CC(C)(C)OC(=O)NNc1nc(NCC2CCC(CNS(=O)(=O)c3ccc(OC(F)(F)F)cc3)CC2)nc2ccccc12.O=C(O)C(F)(F)F. The van der Waals surface area contributed by atoms with Gasteiger partial charge in [-0.1, -0.05) is 12.1 Å². The number of fused-ring (bicyclic) bond motifs is 1. The highest BCUT2D eigenvalue weighted by Gasteiger charge is 2.38. The third-order valence-corrected chi connectivity index (χ3v) is 8.41. The molecule has 1 aliphatic rings. The molecule has 0 radical (unpaired) electrons. The van der Waals surface area contributed by atoms with Gasteiger partial charge in [0.05, 0.1) is 10.4 Å². The summed E-state index contributed by atoms with van der Waals surface area (Å²) in [7, 11) is -3.88. The standard InChI is InChI=1S/C28H35F3N6O5S.C2HF3O2/c1-27(2,3)42-26(38)37-36-24-22-6-4-5-7-23(22)34-25(35-24)32-16-18-8-10-19(11-9-18)17-33-43(39,40)21-14-12-20(13-15-21)41-28(29,30)31;3-2(4,5)1(6)7/h4-7,12-15,18-19,33H,8-11,16-17H2,1-3H3,(H,37,38)(H2,32,34,35,36);(H,6,7). The number of hydrogen-bond donors (Lipinski definition) is 5. The monoisotopic (exact) mass is 738 g/mol. The van der Waals surface area contributed by atoms with Crippen molar-refractivity contribution in [3.05, 3.63) is 48.5 Å². The molecule has 13 nitrogen and oxygen atoms in total. The Morgan fingerprint density at radius 2 is 1.44 bits per heavy atom. The Kier molecular flexibility index (Phi) is 13.1. The summed E-state index contributed by atoms with van der Waals surface area (Å²) in [5.41, 5.74) is 5.36. The molecule has 1 aromatic heterocycles. The van der Waals surface area contributed by atoms with Gasteiger partial charge in [-0.25, -0.2) is 33.1 Å². The maximum atomic E-state index is 12.6. The van der Waals surface area contributed by atoms with Gasteiger partial charge in [-0.2, -0.15) is 18.2 Å². The zero-order chi connectivity index (χ0) is 37.3. The van der Waals surface area contributed by atoms with Crippen molar-refractivity contribution < 1.29 is 58.9 Å². The summed E-state index contributed by atoms with van der Waals surface area (Å²) in [6.45, 7) is 6.15. The minimum Gasteiger partial charge on any atom is -0.475 e. The summed E-state index contributed by atoms with van der Waals surface area (Å²) in [6.07, 6.45) is -7.24. The molecule has 20 heteroatoms. The summed E-state index contributed by atoms with van der Waals surface area (Å²) in [5, 5.41) is 11.1. The van der Waals surface area contributed by atoms with Crippen LogP contribution < -0.4 is 25.6 Å². The van der Waals surface area contributed by atoms with E-state index in [9.17, 15) is 39.6 Å². The molecule has 0 saturated heterocycles. The van der Waals surface area contributed by atoms with Crippen LogP contribution in [0.4, 0.5) is 42.9 Å². The number of hydrazine groups is 1. The van der Waals surface area contributed by atoms with Gasteiger partial charge in [-0.3, -0.25) is 5.43 Å². The molecule has 1 heterocycles. The van der Waals surface area contributed by atoms with E-state index in [1.54, 1.807) is 20.8 Å². The molecule has 1 fully saturated rings. The molecule has 0 bridgehead atoms. The Hall–Kier alpha value is -4.59. The largest absolute Gasteiger partial charge is 0.573 e. The summed E-state index contributed by atoms with van der Waals surface area (Å²) in [4.78, 5) is 30.0. The molecule has 3 aromatic rings. The number of carboxylic acid groups (broad SMARTS) is 1. The minimum atomic E-state index is -5.08. The van der Waals surface area contributed by atoms with Crippen LogP contribution in [0, 0.1) is 11.8 Å². The van der Waals surface area contributed by atoms with Crippen LogP contribution in [-0.2, 0) is 19.6 Å². The second-order valence-electron chi connectivity index (χ2n) is 12.1. The van der Waals surface area contributed by atoms with Crippen molar-refractivity contribution in [1.29, 1.82) is 0 Å². The van der Waals surface area contributed by atoms with Crippen LogP contribution in [0.25, 0.3) is 10.9 Å². The Morgan fingerprint density at radius 1 is 0.880 bits per heavy atom. The molecule has 0 spiro atoms. The molecule has 276 valence electrons. The third-order valence-electron chi connectivity index (χ3n) is 6.97. The van der Waals surface area contributed by atoms with Crippen LogP contribution in [0.2, 0.25) is 0 Å². The van der Waals surface area contributed by atoms with Crippen molar-refractivity contribution in [3.63, 3.8) is 0 Å². The number of aliphatic carboxylic acids is 1. The molecule has 4 rings (SSSR count). The van der Waals surface area contributed by atoms with Gasteiger partial charge in [0.25, 0.3) is 0 Å². The number of hydrogen-bond acceptors (Lipinski definition) is 10. The highest BCUT2D eigenvalue weighted by Crippen LogP contribution is 2.30. The van der Waals surface area contributed by atoms with E-state index in [1.165, 1.54) is 0 Å². The second-order valence-corrected chi connectivity index (χ2v) is 13.9. The van der Waals surface area contributed by atoms with Gasteiger partial charge in [-0.15, -0.1) is 13.2 Å². The van der Waals surface area contributed by atoms with Crippen molar-refractivity contribution in [3.8, 4) is 5.75 Å². The number of aromatic nitrogens is 2. The molecule has 50 heavy (non-hydrogen) atoms. The maximum absolute atomic E-state index is 12.6. The zero-order valence-corrected chi connectivity index (χ0v) is 27.8. The predicted molar refractivity (Wildman–Crippen MR) is 168 cm³/mol. The van der Waals surface area contributed by atoms with Crippen molar-refractivity contribution >= 4 is 44.8 Å². The van der Waals surface area contributed by atoms with Crippen LogP contribution in [-0.4, -0.2) is 66.8 Å². The second kappa shape index (κ2) is 16.4. The first kappa shape index (κ1) is 39.8. The predicted octanol–water partition coefficient (Wildman–Crippen LogP) is 6.21. The van der Waals surface area contributed by atoms with E-state index in [2.05, 4.69) is 35.6 Å². The number of carbonyl (C=O) groups excluding carboxylic acids is 1. The van der Waals surface area contributed by atoms with Gasteiger partial charge in [-0.05, 0) is 94.7 Å². The number of rotatable bonds is 10. The number of amides is 1. The van der Waals surface area contributed by atoms with Crippen LogP contribution in [0.1, 0.15) is 46.5 Å². The molecule has 0 unspecified atom stereocenters. The normalized spacial score (nSPS) is 16.8. The first-order valence-corrected chi connectivity index (χ1v) is 16.5. The molecule has 1 saturated carbocycles. The van der Waals surface area contributed by atoms with E-state index in [0.29, 0.717) is 29.7 Å². The summed E-state index contributed by atoms with van der Waals surface area (Å²) < 4.78 is 106. The Labute approximate surface area is 283 Å². The number of ether oxygens (including phenoxy) is 2. The first-order valence-electron chi connectivity index (χ1n) is 15.0. The van der Waals surface area contributed by atoms with Crippen LogP contribution in [0.3, 0.4) is 0 Å². The van der Waals surface area contributed by atoms with Crippen LogP contribution in [0.15, 0.2) is 53.4 Å². The van der Waals surface area contributed by atoms with Crippen LogP contribution in [0.5, 0.6) is 5.75 Å². The molecule has 2 aromatic carbocycles. The Morgan fingerprint density at radius 3 is 1.98 bits per heavy atom. The van der Waals surface area contributed by atoms with Gasteiger partial charge < -0.3 is 19.9 Å². The summed E-state index contributed by atoms with van der Waals surface area (Å²) >= 11 is 0. The quantitative estimate of drug-likeness (QED) is 0.118. The lowest BCUT2D eigenvalue weighted by atomic mass is 9.82. The average molecular weight is 739 g/mol. The fraction of sp³-hybridized carbons (Fsp3) is 0.467. The number of nitrogens with zero attached hydrogens (tertiary/aromatic N) is 2. The summed E-state index contributed by atoms with van der Waals surface area (Å²) in [6, 6.07) is 11.5. The van der Waals surface area contributed by atoms with Crippen molar-refractivity contribution in [2.24, 2.45) is 11.8 Å². The number of benzene rings is 2. The first-order chi connectivity index (χ1) is 23.1. The third kappa shape index (κ3) is 13.4. The summed E-state index contributed by atoms with van der Waals surface area (Å²) in [5.74, 6) is -1.98. The van der Waals surface area contributed by atoms with Gasteiger partial charge in [0.2, 0.25) is 16.0 Å². The lowest BCUT2D eigenvalue weighted by molar-refractivity contribution is -0.274. The van der Waals surface area contributed by atoms with Gasteiger partial charge in [0, 0.05) is 18.5 Å². The number of halogens is 6. The number of nitrogens with one attached hydrogen (secondary N) is 4. The zero-order valence-electron chi connectivity index (χ0n) is 27.0. The molecular weight excluding hydrogens is 702 g/mol. The highest BCUT2D eigenvalue weighted by atomic mass is 32.2. The van der Waals surface area contributed by atoms with Crippen molar-refractivity contribution in [2.45, 2.75) is 69.5 Å². The molecule has 0 aliphatic heterocycles. The van der Waals surface area contributed by atoms with E-state index < -0.39 is 46.0 Å². The average Bonchev–Trinajstić information content (AvgIpc) is 3.00. The van der Waals surface area contributed by atoms with Crippen molar-refractivity contribution in [1.82, 2.24) is 20.1 Å². The molecular formula is C30H36F6N6O7S. The minimum absolute atomic E-state index is 0.130. The van der Waals surface area contributed by atoms with E-state index >= 15 is 0 Å². The lowest BCUT2D eigenvalue weighted by Gasteiger charge is -2.28. The maximum Gasteiger partial charge on any atom is 0.573 e. The van der Waals surface area contributed by atoms with Gasteiger partial charge in [0.1, 0.15) is 11.4 Å². The van der Waals surface area contributed by atoms with E-state index in [0.717, 1.165) is 55.3 Å². The lowest BCUT2D eigenvalue weighted by Crippen LogP contribution is -2.36. The number of carbonyl (C=O) groups is 2. The highest BCUT2D eigenvalue weighted by molar-refractivity contribution is 7.89. The van der Waals surface area contributed by atoms with E-state index in [-0.39, 0.29) is 17.4 Å². The topological polar surface area (TPSA) is 181 Å². The fourth-order valence-corrected chi connectivity index (χ4v) is 5.79. The van der Waals surface area contributed by atoms with Crippen molar-refractivity contribution in [2.75, 3.05) is 23.8 Å². The number of para-hydroxylation sites is 1. The Bertz CT molecular complexity index is 1710. The van der Waals surface area contributed by atoms with Gasteiger partial charge in [0.15, 0.2) is 5.82 Å². The van der Waals surface area contributed by atoms with E-state index in [4.69, 9.17) is 14.6 Å². The number of carboxylic acids is 1. The molecule has 5 N–H and O–H groups in total. The number of sulfonamides is 1. The van der Waals surface area contributed by atoms with Gasteiger partial charge >= 0.3 is 24.6 Å². The molecule has 1 amide bonds. The fourth-order valence-electron chi connectivity index (χ4n) is 4.67. The number of anilines is 2. The van der Waals surface area contributed by atoms with Crippen LogP contribution >= 0.6 is 0 Å². The van der Waals surface area contributed by atoms with E-state index in [1.807, 2.05) is 24.3 Å². The Balaban J connectivity index is 0.000000872. The molecule has 0 atom stereocenters. The number of alkyl halides is 6. The smallest absolute Gasteiger partial charge is 0.475 e.